The minimum Gasteiger partial charge on any atom is -0.329 e. The highest BCUT2D eigenvalue weighted by Crippen LogP contribution is 2.35. The summed E-state index contributed by atoms with van der Waals surface area (Å²) in [4.78, 5) is 14.9. The number of nitrogens with zero attached hydrogens (tertiary/aromatic N) is 1. The van der Waals surface area contributed by atoms with E-state index in [0.29, 0.717) is 6.54 Å². The Balaban J connectivity index is 2.12. The second-order valence-electron chi connectivity index (χ2n) is 4.61. The van der Waals surface area contributed by atoms with Crippen LogP contribution in [0.1, 0.15) is 12.5 Å². The number of benzene rings is 1. The number of hydrogen-bond donors (Lipinski definition) is 2. The molecule has 1 aliphatic heterocycles. The third kappa shape index (κ3) is 3.04. The molecule has 2 rings (SSSR count). The van der Waals surface area contributed by atoms with Crippen LogP contribution in [-0.4, -0.2) is 36.2 Å². The summed E-state index contributed by atoms with van der Waals surface area (Å²) in [6.45, 7) is 4.30. The first kappa shape index (κ1) is 13.4. The molecule has 1 aromatic carbocycles. The van der Waals surface area contributed by atoms with Gasteiger partial charge in [-0.25, -0.2) is 0 Å². The van der Waals surface area contributed by atoms with E-state index in [-0.39, 0.29) is 11.2 Å². The summed E-state index contributed by atoms with van der Waals surface area (Å²) in [6, 6.07) is 6.25. The molecule has 1 amide bonds. The molecule has 1 aliphatic rings. The van der Waals surface area contributed by atoms with Crippen LogP contribution in [0.5, 0.6) is 0 Å². The second kappa shape index (κ2) is 5.73. The molecule has 0 bridgehead atoms. The SMILES string of the molecule is CC1Sc2ccc(CN(C)CCN)cc2NC1=O. The summed E-state index contributed by atoms with van der Waals surface area (Å²) >= 11 is 1.61. The average molecular weight is 265 g/mol. The van der Waals surface area contributed by atoms with Crippen molar-refractivity contribution in [1.29, 1.82) is 0 Å². The summed E-state index contributed by atoms with van der Waals surface area (Å²) in [6.07, 6.45) is 0. The lowest BCUT2D eigenvalue weighted by molar-refractivity contribution is -0.115. The zero-order valence-electron chi connectivity index (χ0n) is 10.8. The van der Waals surface area contributed by atoms with E-state index in [1.807, 2.05) is 14.0 Å². The predicted molar refractivity (Wildman–Crippen MR) is 75.8 cm³/mol. The highest BCUT2D eigenvalue weighted by atomic mass is 32.2. The van der Waals surface area contributed by atoms with Gasteiger partial charge in [-0.15, -0.1) is 11.8 Å². The molecule has 0 spiro atoms. The normalized spacial score (nSPS) is 18.7. The topological polar surface area (TPSA) is 58.4 Å². The number of fused-ring (bicyclic) bond motifs is 1. The molecule has 1 aromatic rings. The van der Waals surface area contributed by atoms with Crippen molar-refractivity contribution in [3.63, 3.8) is 0 Å². The Morgan fingerprint density at radius 3 is 3.00 bits per heavy atom. The quantitative estimate of drug-likeness (QED) is 0.866. The van der Waals surface area contributed by atoms with Crippen molar-refractivity contribution in [3.8, 4) is 0 Å². The van der Waals surface area contributed by atoms with Crippen LogP contribution < -0.4 is 11.1 Å². The van der Waals surface area contributed by atoms with Gasteiger partial charge in [0.25, 0.3) is 0 Å². The second-order valence-corrected chi connectivity index (χ2v) is 5.99. The standard InChI is InChI=1S/C13H19N3OS/c1-9-13(17)15-11-7-10(3-4-12(11)18-9)8-16(2)6-5-14/h3-4,7,9H,5-6,8,14H2,1-2H3,(H,15,17). The predicted octanol–water partition coefficient (Wildman–Crippen LogP) is 1.51. The number of carbonyl (C=O) groups is 1. The molecule has 0 radical (unpaired) electrons. The first-order chi connectivity index (χ1) is 8.60. The van der Waals surface area contributed by atoms with Crippen LogP contribution in [-0.2, 0) is 11.3 Å². The fourth-order valence-corrected chi connectivity index (χ4v) is 2.90. The van der Waals surface area contributed by atoms with Crippen LogP contribution in [0.3, 0.4) is 0 Å². The van der Waals surface area contributed by atoms with Gasteiger partial charge >= 0.3 is 0 Å². The number of likely N-dealkylation sites (N-methyl/N-ethyl adjacent to an activating group) is 1. The van der Waals surface area contributed by atoms with E-state index in [1.165, 1.54) is 5.56 Å². The monoisotopic (exact) mass is 265 g/mol. The lowest BCUT2D eigenvalue weighted by atomic mass is 10.2. The smallest absolute Gasteiger partial charge is 0.237 e. The Morgan fingerprint density at radius 2 is 2.28 bits per heavy atom. The molecule has 1 unspecified atom stereocenters. The maximum absolute atomic E-state index is 11.6. The molecule has 0 aromatic heterocycles. The molecule has 1 heterocycles. The summed E-state index contributed by atoms with van der Waals surface area (Å²) in [5, 5.41) is 2.94. The van der Waals surface area contributed by atoms with E-state index in [1.54, 1.807) is 11.8 Å². The first-order valence-electron chi connectivity index (χ1n) is 6.09. The van der Waals surface area contributed by atoms with Crippen LogP contribution in [0, 0.1) is 0 Å². The molecule has 18 heavy (non-hydrogen) atoms. The molecule has 1 atom stereocenters. The van der Waals surface area contributed by atoms with Gasteiger partial charge in [-0.1, -0.05) is 6.07 Å². The third-order valence-electron chi connectivity index (χ3n) is 2.94. The number of anilines is 1. The fraction of sp³-hybridized carbons (Fsp3) is 0.462. The largest absolute Gasteiger partial charge is 0.329 e. The third-order valence-corrected chi connectivity index (χ3v) is 4.12. The summed E-state index contributed by atoms with van der Waals surface area (Å²) in [7, 11) is 2.04. The average Bonchev–Trinajstić information content (AvgIpc) is 2.31. The van der Waals surface area contributed by atoms with Crippen LogP contribution in [0.4, 0.5) is 5.69 Å². The van der Waals surface area contributed by atoms with E-state index >= 15 is 0 Å². The fourth-order valence-electron chi connectivity index (χ4n) is 1.97. The van der Waals surface area contributed by atoms with E-state index in [2.05, 4.69) is 28.4 Å². The van der Waals surface area contributed by atoms with E-state index in [0.717, 1.165) is 23.7 Å². The molecule has 98 valence electrons. The van der Waals surface area contributed by atoms with Gasteiger partial charge < -0.3 is 16.0 Å². The maximum atomic E-state index is 11.6. The number of rotatable bonds is 4. The van der Waals surface area contributed by atoms with Crippen molar-refractivity contribution >= 4 is 23.4 Å². The van der Waals surface area contributed by atoms with Gasteiger partial charge in [-0.3, -0.25) is 4.79 Å². The zero-order chi connectivity index (χ0) is 13.1. The number of nitrogens with two attached hydrogens (primary N) is 1. The minimum absolute atomic E-state index is 0.0109. The number of nitrogens with one attached hydrogen (secondary N) is 1. The number of thioether (sulfide) groups is 1. The lowest BCUT2D eigenvalue weighted by Gasteiger charge is -2.23. The number of carbonyl (C=O) groups excluding carboxylic acids is 1. The molecule has 0 fully saturated rings. The number of hydrogen-bond acceptors (Lipinski definition) is 4. The Hall–Kier alpha value is -1.04. The summed E-state index contributed by atoms with van der Waals surface area (Å²) in [5.74, 6) is 0.0833. The van der Waals surface area contributed by atoms with Crippen molar-refractivity contribution in [1.82, 2.24) is 4.90 Å². The van der Waals surface area contributed by atoms with E-state index in [9.17, 15) is 4.79 Å². The molecule has 0 aliphatic carbocycles. The zero-order valence-corrected chi connectivity index (χ0v) is 11.6. The van der Waals surface area contributed by atoms with Gasteiger partial charge in [-0.2, -0.15) is 0 Å². The van der Waals surface area contributed by atoms with Crippen molar-refractivity contribution < 1.29 is 4.79 Å². The molecule has 0 saturated carbocycles. The van der Waals surface area contributed by atoms with Crippen LogP contribution in [0.15, 0.2) is 23.1 Å². The molecule has 5 heteroatoms. The van der Waals surface area contributed by atoms with E-state index < -0.39 is 0 Å². The van der Waals surface area contributed by atoms with Crippen molar-refractivity contribution in [2.75, 3.05) is 25.5 Å². The first-order valence-corrected chi connectivity index (χ1v) is 6.97. The highest BCUT2D eigenvalue weighted by molar-refractivity contribution is 8.00. The Labute approximate surface area is 112 Å². The van der Waals surface area contributed by atoms with Gasteiger partial charge in [0.05, 0.1) is 10.9 Å². The van der Waals surface area contributed by atoms with Crippen LogP contribution in [0.2, 0.25) is 0 Å². The molecule has 3 N–H and O–H groups in total. The van der Waals surface area contributed by atoms with Crippen molar-refractivity contribution in [2.45, 2.75) is 23.6 Å². The van der Waals surface area contributed by atoms with Gasteiger partial charge in [-0.05, 0) is 31.7 Å². The summed E-state index contributed by atoms with van der Waals surface area (Å²) in [5.41, 5.74) is 7.65. The van der Waals surface area contributed by atoms with Crippen molar-refractivity contribution in [2.24, 2.45) is 5.73 Å². The Bertz CT molecular complexity index is 450. The Morgan fingerprint density at radius 1 is 1.50 bits per heavy atom. The van der Waals surface area contributed by atoms with E-state index in [4.69, 9.17) is 5.73 Å². The molecular formula is C13H19N3OS. The summed E-state index contributed by atoms with van der Waals surface area (Å²) < 4.78 is 0. The highest BCUT2D eigenvalue weighted by Gasteiger charge is 2.22. The van der Waals surface area contributed by atoms with Gasteiger partial charge in [0.15, 0.2) is 0 Å². The minimum atomic E-state index is -0.0109. The Kier molecular flexibility index (Phi) is 4.27. The molecular weight excluding hydrogens is 246 g/mol. The number of amides is 1. The lowest BCUT2D eigenvalue weighted by Crippen LogP contribution is -2.27. The van der Waals surface area contributed by atoms with Crippen LogP contribution >= 0.6 is 11.8 Å². The van der Waals surface area contributed by atoms with Crippen molar-refractivity contribution in [3.05, 3.63) is 23.8 Å². The van der Waals surface area contributed by atoms with Gasteiger partial charge in [0, 0.05) is 24.5 Å². The van der Waals surface area contributed by atoms with Crippen LogP contribution in [0.25, 0.3) is 0 Å². The molecule has 4 nitrogen and oxygen atoms in total. The van der Waals surface area contributed by atoms with Gasteiger partial charge in [0.2, 0.25) is 5.91 Å². The molecule has 0 saturated heterocycles. The maximum Gasteiger partial charge on any atom is 0.237 e. The van der Waals surface area contributed by atoms with Gasteiger partial charge in [0.1, 0.15) is 0 Å².